The van der Waals surface area contributed by atoms with Crippen LogP contribution in [0.5, 0.6) is 0 Å². The normalized spacial score (nSPS) is 12.1. The number of amides is 2. The van der Waals surface area contributed by atoms with E-state index in [0.29, 0.717) is 23.6 Å². The lowest BCUT2D eigenvalue weighted by atomic mass is 10.0. The Balaban J connectivity index is 1.87. The number of halogens is 1. The van der Waals surface area contributed by atoms with E-state index in [-0.39, 0.29) is 18.4 Å². The fourth-order valence-electron chi connectivity index (χ4n) is 3.85. The van der Waals surface area contributed by atoms with Gasteiger partial charge in [-0.25, -0.2) is 0 Å². The van der Waals surface area contributed by atoms with Crippen LogP contribution in [0.1, 0.15) is 43.9 Å². The summed E-state index contributed by atoms with van der Waals surface area (Å²) in [5.41, 5.74) is 2.60. The van der Waals surface area contributed by atoms with E-state index in [2.05, 4.69) is 36.5 Å². The monoisotopic (exact) mass is 522 g/mol. The van der Waals surface area contributed by atoms with Crippen molar-refractivity contribution < 1.29 is 9.59 Å². The second kappa shape index (κ2) is 13.0. The molecule has 1 atom stereocenters. The van der Waals surface area contributed by atoms with Crippen molar-refractivity contribution in [3.8, 4) is 0 Å². The lowest BCUT2D eigenvalue weighted by molar-refractivity contribution is -0.141. The van der Waals surface area contributed by atoms with Crippen LogP contribution in [0.2, 0.25) is 5.02 Å². The van der Waals surface area contributed by atoms with Crippen molar-refractivity contribution in [2.45, 2.75) is 63.6 Å². The molecular weight excluding hydrogens is 488 g/mol. The van der Waals surface area contributed by atoms with E-state index in [1.807, 2.05) is 75.4 Å². The maximum atomic E-state index is 13.7. The Morgan fingerprint density at radius 3 is 2.22 bits per heavy atom. The SMILES string of the molecule is Cc1ccc(SCCC(=O)N(Cc2ccccc2Cl)C(Cc2ccccc2)C(=O)NC(C)(C)C)cc1. The van der Waals surface area contributed by atoms with E-state index >= 15 is 0 Å². The molecule has 0 heterocycles. The lowest BCUT2D eigenvalue weighted by Gasteiger charge is -2.34. The Bertz CT molecular complexity index is 1140. The lowest BCUT2D eigenvalue weighted by Crippen LogP contribution is -2.54. The van der Waals surface area contributed by atoms with Gasteiger partial charge in [0, 0.05) is 40.6 Å². The van der Waals surface area contributed by atoms with Crippen molar-refractivity contribution in [3.05, 3.63) is 101 Å². The summed E-state index contributed by atoms with van der Waals surface area (Å²) in [6, 6.07) is 24.9. The van der Waals surface area contributed by atoms with Gasteiger partial charge in [0.05, 0.1) is 0 Å². The number of nitrogens with zero attached hydrogens (tertiary/aromatic N) is 1. The molecule has 0 aliphatic heterocycles. The molecular formula is C30H35ClN2O2S. The van der Waals surface area contributed by atoms with Gasteiger partial charge in [0.1, 0.15) is 6.04 Å². The van der Waals surface area contributed by atoms with Gasteiger partial charge in [-0.3, -0.25) is 9.59 Å². The first-order valence-electron chi connectivity index (χ1n) is 12.2. The first-order valence-corrected chi connectivity index (χ1v) is 13.6. The van der Waals surface area contributed by atoms with Crippen LogP contribution in [0.4, 0.5) is 0 Å². The number of carbonyl (C=O) groups excluding carboxylic acids is 2. The largest absolute Gasteiger partial charge is 0.350 e. The Kier molecular flexibility index (Phi) is 10.0. The number of hydrogen-bond donors (Lipinski definition) is 1. The molecule has 36 heavy (non-hydrogen) atoms. The van der Waals surface area contributed by atoms with E-state index in [1.54, 1.807) is 16.7 Å². The number of nitrogens with one attached hydrogen (secondary N) is 1. The molecule has 1 N–H and O–H groups in total. The molecule has 3 rings (SSSR count). The molecule has 6 heteroatoms. The summed E-state index contributed by atoms with van der Waals surface area (Å²) in [5.74, 6) is 0.386. The molecule has 0 bridgehead atoms. The minimum absolute atomic E-state index is 0.0699. The van der Waals surface area contributed by atoms with Gasteiger partial charge in [0.2, 0.25) is 11.8 Å². The molecule has 0 aliphatic rings. The van der Waals surface area contributed by atoms with Crippen LogP contribution < -0.4 is 5.32 Å². The molecule has 190 valence electrons. The highest BCUT2D eigenvalue weighted by atomic mass is 35.5. The first kappa shape index (κ1) is 27.8. The summed E-state index contributed by atoms with van der Waals surface area (Å²) < 4.78 is 0. The van der Waals surface area contributed by atoms with E-state index in [9.17, 15) is 9.59 Å². The molecule has 0 saturated heterocycles. The zero-order valence-electron chi connectivity index (χ0n) is 21.5. The van der Waals surface area contributed by atoms with E-state index < -0.39 is 11.6 Å². The van der Waals surface area contributed by atoms with E-state index in [4.69, 9.17) is 11.6 Å². The molecule has 0 radical (unpaired) electrons. The van der Waals surface area contributed by atoms with E-state index in [1.165, 1.54) is 5.56 Å². The van der Waals surface area contributed by atoms with Gasteiger partial charge in [-0.1, -0.05) is 77.8 Å². The standard InChI is InChI=1S/C30H35ClN2O2S/c1-22-14-16-25(17-15-22)36-19-18-28(34)33(21-24-12-8-9-13-26(24)31)27(29(35)32-30(2,3)4)20-23-10-6-5-7-11-23/h5-17,27H,18-21H2,1-4H3,(H,32,35). The Labute approximate surface area is 224 Å². The molecule has 0 spiro atoms. The van der Waals surface area contributed by atoms with Crippen molar-refractivity contribution in [2.75, 3.05) is 5.75 Å². The molecule has 0 saturated carbocycles. The number of rotatable bonds is 10. The zero-order chi connectivity index (χ0) is 26.1. The van der Waals surface area contributed by atoms with Crippen molar-refractivity contribution in [1.29, 1.82) is 0 Å². The Morgan fingerprint density at radius 1 is 0.944 bits per heavy atom. The minimum Gasteiger partial charge on any atom is -0.350 e. The second-order valence-electron chi connectivity index (χ2n) is 9.97. The van der Waals surface area contributed by atoms with Crippen molar-refractivity contribution in [3.63, 3.8) is 0 Å². The van der Waals surface area contributed by atoms with Gasteiger partial charge in [-0.2, -0.15) is 0 Å². The van der Waals surface area contributed by atoms with Crippen LogP contribution in [0.15, 0.2) is 83.8 Å². The maximum absolute atomic E-state index is 13.7. The number of hydrogen-bond acceptors (Lipinski definition) is 3. The summed E-state index contributed by atoms with van der Waals surface area (Å²) in [6.07, 6.45) is 0.737. The maximum Gasteiger partial charge on any atom is 0.243 e. The average Bonchev–Trinajstić information content (AvgIpc) is 2.83. The van der Waals surface area contributed by atoms with Gasteiger partial charge in [-0.15, -0.1) is 11.8 Å². The highest BCUT2D eigenvalue weighted by Crippen LogP contribution is 2.24. The topological polar surface area (TPSA) is 49.4 Å². The molecule has 0 fully saturated rings. The van der Waals surface area contributed by atoms with Gasteiger partial charge < -0.3 is 10.2 Å². The van der Waals surface area contributed by atoms with Crippen LogP contribution in [0.25, 0.3) is 0 Å². The molecule has 0 aliphatic carbocycles. The highest BCUT2D eigenvalue weighted by molar-refractivity contribution is 7.99. The summed E-state index contributed by atoms with van der Waals surface area (Å²) in [5, 5.41) is 3.67. The van der Waals surface area contributed by atoms with Crippen LogP contribution >= 0.6 is 23.4 Å². The fraction of sp³-hybridized carbons (Fsp3) is 0.333. The van der Waals surface area contributed by atoms with E-state index in [0.717, 1.165) is 16.0 Å². The molecule has 3 aromatic rings. The Morgan fingerprint density at radius 2 is 1.58 bits per heavy atom. The van der Waals surface area contributed by atoms with Crippen molar-refractivity contribution >= 4 is 35.2 Å². The van der Waals surface area contributed by atoms with Gasteiger partial charge >= 0.3 is 0 Å². The number of thioether (sulfide) groups is 1. The van der Waals surface area contributed by atoms with Gasteiger partial charge in [0.15, 0.2) is 0 Å². The first-order chi connectivity index (χ1) is 17.1. The molecule has 4 nitrogen and oxygen atoms in total. The van der Waals surface area contributed by atoms with Crippen LogP contribution in [-0.4, -0.2) is 34.0 Å². The summed E-state index contributed by atoms with van der Waals surface area (Å²) in [6.45, 7) is 8.16. The van der Waals surface area contributed by atoms with Crippen molar-refractivity contribution in [2.24, 2.45) is 0 Å². The number of aryl methyl sites for hydroxylation is 1. The van der Waals surface area contributed by atoms with Crippen LogP contribution in [0, 0.1) is 6.92 Å². The number of benzene rings is 3. The minimum atomic E-state index is -0.667. The zero-order valence-corrected chi connectivity index (χ0v) is 23.0. The Hall–Kier alpha value is -2.76. The average molecular weight is 523 g/mol. The molecule has 3 aromatic carbocycles. The number of carbonyl (C=O) groups is 2. The summed E-state index contributed by atoms with van der Waals surface area (Å²) in [7, 11) is 0. The second-order valence-corrected chi connectivity index (χ2v) is 11.5. The fourth-order valence-corrected chi connectivity index (χ4v) is 4.89. The molecule has 2 amide bonds. The molecule has 0 aromatic heterocycles. The smallest absolute Gasteiger partial charge is 0.243 e. The predicted molar refractivity (Wildman–Crippen MR) is 150 cm³/mol. The highest BCUT2D eigenvalue weighted by Gasteiger charge is 2.32. The van der Waals surface area contributed by atoms with Crippen LogP contribution in [0.3, 0.4) is 0 Å². The van der Waals surface area contributed by atoms with Gasteiger partial charge in [0.25, 0.3) is 0 Å². The summed E-state index contributed by atoms with van der Waals surface area (Å²) >= 11 is 8.12. The van der Waals surface area contributed by atoms with Crippen molar-refractivity contribution in [1.82, 2.24) is 10.2 Å². The van der Waals surface area contributed by atoms with Crippen LogP contribution in [-0.2, 0) is 22.6 Å². The third-order valence-corrected chi connectivity index (χ3v) is 7.06. The molecule has 1 unspecified atom stereocenters. The predicted octanol–water partition coefficient (Wildman–Crippen LogP) is 6.69. The third-order valence-electron chi connectivity index (χ3n) is 5.67. The summed E-state index contributed by atoms with van der Waals surface area (Å²) in [4.78, 5) is 30.1. The quantitative estimate of drug-likeness (QED) is 0.302. The third kappa shape index (κ3) is 8.72. The van der Waals surface area contributed by atoms with Gasteiger partial charge in [-0.05, 0) is 57.0 Å².